The third-order valence-electron chi connectivity index (χ3n) is 3.80. The van der Waals surface area contributed by atoms with Crippen LogP contribution in [-0.4, -0.2) is 31.7 Å². The summed E-state index contributed by atoms with van der Waals surface area (Å²) in [4.78, 5) is 12.1. The van der Waals surface area contributed by atoms with Crippen molar-refractivity contribution in [1.29, 1.82) is 0 Å². The van der Waals surface area contributed by atoms with Crippen molar-refractivity contribution < 1.29 is 9.53 Å². The monoisotopic (exact) mass is 276 g/mol. The molecule has 0 bridgehead atoms. The van der Waals surface area contributed by atoms with E-state index < -0.39 is 0 Å². The van der Waals surface area contributed by atoms with E-state index in [1.54, 1.807) is 0 Å². The van der Waals surface area contributed by atoms with E-state index in [0.29, 0.717) is 24.1 Å². The molecule has 0 aromatic heterocycles. The molecule has 0 saturated carbocycles. The van der Waals surface area contributed by atoms with Crippen LogP contribution < -0.4 is 10.6 Å². The minimum absolute atomic E-state index is 0.00481. The van der Waals surface area contributed by atoms with Crippen molar-refractivity contribution >= 4 is 11.6 Å². The first-order chi connectivity index (χ1) is 9.74. The van der Waals surface area contributed by atoms with Crippen molar-refractivity contribution in [3.63, 3.8) is 0 Å². The Labute approximate surface area is 120 Å². The first kappa shape index (κ1) is 14.9. The molecule has 1 amide bonds. The van der Waals surface area contributed by atoms with E-state index >= 15 is 0 Å². The number of amides is 1. The predicted octanol–water partition coefficient (Wildman–Crippen LogP) is 2.66. The van der Waals surface area contributed by atoms with Gasteiger partial charge in [0.25, 0.3) is 5.91 Å². The lowest BCUT2D eigenvalue weighted by atomic mass is 9.99. The van der Waals surface area contributed by atoms with Crippen LogP contribution in [0.1, 0.15) is 37.0 Å². The zero-order valence-corrected chi connectivity index (χ0v) is 12.3. The molecular weight excluding hydrogens is 252 g/mol. The molecule has 1 aromatic rings. The van der Waals surface area contributed by atoms with Crippen molar-refractivity contribution in [3.8, 4) is 0 Å². The molecule has 0 radical (unpaired) electrons. The third-order valence-corrected chi connectivity index (χ3v) is 3.80. The summed E-state index contributed by atoms with van der Waals surface area (Å²) in [6.07, 6.45) is 2.35. The normalized spacial score (nSPS) is 21.7. The zero-order valence-electron chi connectivity index (χ0n) is 12.3. The lowest BCUT2D eigenvalue weighted by Crippen LogP contribution is -2.32. The van der Waals surface area contributed by atoms with Crippen LogP contribution in [0.3, 0.4) is 0 Å². The first-order valence-electron chi connectivity index (χ1n) is 7.48. The second-order valence-corrected chi connectivity index (χ2v) is 5.18. The Balaban J connectivity index is 1.85. The summed E-state index contributed by atoms with van der Waals surface area (Å²) < 4.78 is 5.64. The van der Waals surface area contributed by atoms with Crippen molar-refractivity contribution in [2.24, 2.45) is 5.92 Å². The average Bonchev–Trinajstić information content (AvgIpc) is 2.93. The van der Waals surface area contributed by atoms with Gasteiger partial charge < -0.3 is 15.4 Å². The van der Waals surface area contributed by atoms with E-state index in [2.05, 4.69) is 24.5 Å². The van der Waals surface area contributed by atoms with Gasteiger partial charge in [0.15, 0.2) is 0 Å². The molecule has 1 aliphatic rings. The average molecular weight is 276 g/mol. The lowest BCUT2D eigenvalue weighted by molar-refractivity contribution is 0.0827. The van der Waals surface area contributed by atoms with E-state index in [0.717, 1.165) is 31.7 Å². The van der Waals surface area contributed by atoms with Crippen molar-refractivity contribution in [3.05, 3.63) is 29.8 Å². The Morgan fingerprint density at radius 1 is 1.30 bits per heavy atom. The van der Waals surface area contributed by atoms with Gasteiger partial charge in [0.2, 0.25) is 0 Å². The summed E-state index contributed by atoms with van der Waals surface area (Å²) in [5, 5.41) is 6.23. The predicted molar refractivity (Wildman–Crippen MR) is 81.1 cm³/mol. The summed E-state index contributed by atoms with van der Waals surface area (Å²) in [5.74, 6) is 0.444. The smallest absolute Gasteiger partial charge is 0.251 e. The number of hydrogen-bond donors (Lipinski definition) is 2. The second kappa shape index (κ2) is 7.29. The fourth-order valence-corrected chi connectivity index (χ4v) is 2.65. The molecule has 110 valence electrons. The SMILES string of the molecule is CCNc1ccc(C(=O)NCC2CCOC2CC)cc1. The standard InChI is InChI=1S/C16H24N2O2/c1-3-15-13(9-10-20-15)11-18-16(19)12-5-7-14(8-6-12)17-4-2/h5-8,13,15,17H,3-4,9-11H2,1-2H3,(H,18,19). The van der Waals surface area contributed by atoms with Gasteiger partial charge >= 0.3 is 0 Å². The highest BCUT2D eigenvalue weighted by Gasteiger charge is 2.26. The van der Waals surface area contributed by atoms with Crippen LogP contribution in [0, 0.1) is 5.92 Å². The maximum atomic E-state index is 12.1. The quantitative estimate of drug-likeness (QED) is 0.840. The van der Waals surface area contributed by atoms with E-state index in [1.807, 2.05) is 24.3 Å². The Bertz CT molecular complexity index is 431. The Kier molecular flexibility index (Phi) is 5.41. The Hall–Kier alpha value is -1.55. The number of carbonyl (C=O) groups excluding carboxylic acids is 1. The second-order valence-electron chi connectivity index (χ2n) is 5.18. The number of ether oxygens (including phenoxy) is 1. The molecule has 4 nitrogen and oxygen atoms in total. The molecule has 1 aromatic carbocycles. The van der Waals surface area contributed by atoms with E-state index in [-0.39, 0.29) is 5.91 Å². The van der Waals surface area contributed by atoms with Crippen LogP contribution in [0.2, 0.25) is 0 Å². The molecule has 1 heterocycles. The molecule has 0 aliphatic carbocycles. The molecular formula is C16H24N2O2. The van der Waals surface area contributed by atoms with Gasteiger partial charge in [0.1, 0.15) is 0 Å². The van der Waals surface area contributed by atoms with E-state index in [9.17, 15) is 4.79 Å². The molecule has 20 heavy (non-hydrogen) atoms. The fourth-order valence-electron chi connectivity index (χ4n) is 2.65. The van der Waals surface area contributed by atoms with Gasteiger partial charge in [-0.1, -0.05) is 6.92 Å². The minimum atomic E-state index is -0.00481. The number of benzene rings is 1. The fraction of sp³-hybridized carbons (Fsp3) is 0.562. The molecule has 1 aliphatic heterocycles. The summed E-state index contributed by atoms with van der Waals surface area (Å²) in [6.45, 7) is 6.58. The van der Waals surface area contributed by atoms with Gasteiger partial charge in [0, 0.05) is 36.9 Å². The van der Waals surface area contributed by atoms with Crippen LogP contribution in [-0.2, 0) is 4.74 Å². The number of anilines is 1. The minimum Gasteiger partial charge on any atom is -0.385 e. The van der Waals surface area contributed by atoms with Crippen LogP contribution in [0.4, 0.5) is 5.69 Å². The molecule has 2 unspecified atom stereocenters. The van der Waals surface area contributed by atoms with Gasteiger partial charge in [-0.05, 0) is 44.0 Å². The van der Waals surface area contributed by atoms with Crippen LogP contribution >= 0.6 is 0 Å². The van der Waals surface area contributed by atoms with Crippen LogP contribution in [0.15, 0.2) is 24.3 Å². The van der Waals surface area contributed by atoms with Gasteiger partial charge in [-0.15, -0.1) is 0 Å². The molecule has 1 saturated heterocycles. The number of rotatable bonds is 6. The van der Waals surface area contributed by atoms with E-state index in [4.69, 9.17) is 4.74 Å². The first-order valence-corrected chi connectivity index (χ1v) is 7.48. The molecule has 0 spiro atoms. The third kappa shape index (κ3) is 3.73. The van der Waals surface area contributed by atoms with Gasteiger partial charge in [0.05, 0.1) is 6.10 Å². The van der Waals surface area contributed by atoms with Crippen molar-refractivity contribution in [2.45, 2.75) is 32.8 Å². The van der Waals surface area contributed by atoms with Gasteiger partial charge in [-0.25, -0.2) is 0 Å². The molecule has 2 N–H and O–H groups in total. The summed E-state index contributed by atoms with van der Waals surface area (Å²) in [6, 6.07) is 7.59. The van der Waals surface area contributed by atoms with Gasteiger partial charge in [-0.3, -0.25) is 4.79 Å². The van der Waals surface area contributed by atoms with Crippen molar-refractivity contribution in [2.75, 3.05) is 25.0 Å². The highest BCUT2D eigenvalue weighted by atomic mass is 16.5. The van der Waals surface area contributed by atoms with E-state index in [1.165, 1.54) is 0 Å². The number of nitrogens with one attached hydrogen (secondary N) is 2. The number of hydrogen-bond acceptors (Lipinski definition) is 3. The maximum Gasteiger partial charge on any atom is 0.251 e. The molecule has 4 heteroatoms. The van der Waals surface area contributed by atoms with Crippen LogP contribution in [0.25, 0.3) is 0 Å². The van der Waals surface area contributed by atoms with Crippen LogP contribution in [0.5, 0.6) is 0 Å². The highest BCUT2D eigenvalue weighted by molar-refractivity contribution is 5.94. The highest BCUT2D eigenvalue weighted by Crippen LogP contribution is 2.22. The lowest BCUT2D eigenvalue weighted by Gasteiger charge is -2.17. The summed E-state index contributed by atoms with van der Waals surface area (Å²) >= 11 is 0. The van der Waals surface area contributed by atoms with Crippen molar-refractivity contribution in [1.82, 2.24) is 5.32 Å². The number of carbonyl (C=O) groups is 1. The maximum absolute atomic E-state index is 12.1. The Morgan fingerprint density at radius 3 is 2.70 bits per heavy atom. The summed E-state index contributed by atoms with van der Waals surface area (Å²) in [7, 11) is 0. The van der Waals surface area contributed by atoms with Gasteiger partial charge in [-0.2, -0.15) is 0 Å². The molecule has 2 atom stereocenters. The Morgan fingerprint density at radius 2 is 2.05 bits per heavy atom. The topological polar surface area (TPSA) is 50.4 Å². The molecule has 2 rings (SSSR count). The molecule has 1 fully saturated rings. The largest absolute Gasteiger partial charge is 0.385 e. The summed E-state index contributed by atoms with van der Waals surface area (Å²) in [5.41, 5.74) is 1.75. The zero-order chi connectivity index (χ0) is 14.4.